The second kappa shape index (κ2) is 8.48. The highest BCUT2D eigenvalue weighted by molar-refractivity contribution is 9.10. The molecule has 0 fully saturated rings. The molecule has 0 saturated carbocycles. The van der Waals surface area contributed by atoms with Crippen LogP contribution in [-0.4, -0.2) is 22.9 Å². The Balaban J connectivity index is 2.41. The molecule has 0 bridgehead atoms. The van der Waals surface area contributed by atoms with Crippen molar-refractivity contribution in [3.63, 3.8) is 0 Å². The molecular formula is C14H24BrN3. The Morgan fingerprint density at radius 3 is 2.72 bits per heavy atom. The van der Waals surface area contributed by atoms with Crippen LogP contribution in [0.4, 0.5) is 0 Å². The summed E-state index contributed by atoms with van der Waals surface area (Å²) in [7, 11) is 0. The van der Waals surface area contributed by atoms with Crippen molar-refractivity contribution in [1.29, 1.82) is 0 Å². The lowest BCUT2D eigenvalue weighted by Crippen LogP contribution is -2.15. The number of halogens is 1. The van der Waals surface area contributed by atoms with E-state index in [0.717, 1.165) is 42.6 Å². The van der Waals surface area contributed by atoms with Gasteiger partial charge in [0, 0.05) is 13.0 Å². The smallest absolute Gasteiger partial charge is 0.0738 e. The van der Waals surface area contributed by atoms with E-state index in [1.807, 2.05) is 6.92 Å². The summed E-state index contributed by atoms with van der Waals surface area (Å²) >= 11 is 3.62. The molecule has 1 heterocycles. The average molecular weight is 314 g/mol. The van der Waals surface area contributed by atoms with E-state index in [9.17, 15) is 0 Å². The van der Waals surface area contributed by atoms with Gasteiger partial charge in [0.05, 0.1) is 15.9 Å². The van der Waals surface area contributed by atoms with Crippen molar-refractivity contribution >= 4 is 15.9 Å². The molecule has 1 aromatic rings. The molecule has 0 saturated heterocycles. The van der Waals surface area contributed by atoms with Crippen LogP contribution in [-0.2, 0) is 13.0 Å². The number of hydrogen-bond donors (Lipinski definition) is 1. The maximum absolute atomic E-state index is 4.49. The fourth-order valence-corrected chi connectivity index (χ4v) is 2.31. The predicted molar refractivity (Wildman–Crippen MR) is 81.0 cm³/mol. The van der Waals surface area contributed by atoms with Gasteiger partial charge in [0.15, 0.2) is 0 Å². The zero-order valence-electron chi connectivity index (χ0n) is 11.7. The summed E-state index contributed by atoms with van der Waals surface area (Å²) in [5.74, 6) is 0. The fourth-order valence-electron chi connectivity index (χ4n) is 1.86. The molecule has 3 nitrogen and oxygen atoms in total. The van der Waals surface area contributed by atoms with Crippen molar-refractivity contribution in [2.24, 2.45) is 0 Å². The van der Waals surface area contributed by atoms with E-state index < -0.39 is 0 Å². The SMILES string of the molecule is CCCNCCC=CCc1c(Br)c(C)nn1CC. The van der Waals surface area contributed by atoms with Crippen molar-refractivity contribution in [2.45, 2.75) is 46.6 Å². The Bertz CT molecular complexity index is 383. The molecule has 0 aliphatic heterocycles. The van der Waals surface area contributed by atoms with Crippen molar-refractivity contribution in [2.75, 3.05) is 13.1 Å². The van der Waals surface area contributed by atoms with Crippen LogP contribution in [0.5, 0.6) is 0 Å². The summed E-state index contributed by atoms with van der Waals surface area (Å²) in [4.78, 5) is 0. The highest BCUT2D eigenvalue weighted by atomic mass is 79.9. The molecule has 0 amide bonds. The third-order valence-electron chi connectivity index (χ3n) is 2.85. The van der Waals surface area contributed by atoms with Crippen molar-refractivity contribution in [3.8, 4) is 0 Å². The molecule has 0 spiro atoms. The first kappa shape index (κ1) is 15.4. The summed E-state index contributed by atoms with van der Waals surface area (Å²) in [6.07, 6.45) is 7.73. The molecule has 102 valence electrons. The van der Waals surface area contributed by atoms with E-state index in [2.05, 4.69) is 57.0 Å². The van der Waals surface area contributed by atoms with E-state index in [0.29, 0.717) is 0 Å². The van der Waals surface area contributed by atoms with Gasteiger partial charge in [-0.25, -0.2) is 0 Å². The van der Waals surface area contributed by atoms with Gasteiger partial charge in [-0.1, -0.05) is 19.1 Å². The van der Waals surface area contributed by atoms with Crippen molar-refractivity contribution < 1.29 is 0 Å². The topological polar surface area (TPSA) is 29.9 Å². The molecule has 4 heteroatoms. The van der Waals surface area contributed by atoms with Crippen LogP contribution in [0.15, 0.2) is 16.6 Å². The number of aryl methyl sites for hydroxylation is 2. The van der Waals surface area contributed by atoms with Gasteiger partial charge >= 0.3 is 0 Å². The Hall–Kier alpha value is -0.610. The fraction of sp³-hybridized carbons (Fsp3) is 0.643. The minimum absolute atomic E-state index is 0.924. The van der Waals surface area contributed by atoms with Crippen LogP contribution in [0, 0.1) is 6.92 Å². The first-order valence-corrected chi connectivity index (χ1v) is 7.57. The number of allylic oxidation sites excluding steroid dienone is 1. The normalized spacial score (nSPS) is 11.6. The molecule has 0 aromatic carbocycles. The lowest BCUT2D eigenvalue weighted by Gasteiger charge is -2.02. The van der Waals surface area contributed by atoms with Crippen LogP contribution in [0.1, 0.15) is 38.1 Å². The summed E-state index contributed by atoms with van der Waals surface area (Å²) in [5.41, 5.74) is 2.35. The average Bonchev–Trinajstić information content (AvgIpc) is 2.65. The van der Waals surface area contributed by atoms with Gasteiger partial charge in [-0.05, 0) is 55.7 Å². The number of aromatic nitrogens is 2. The van der Waals surface area contributed by atoms with Gasteiger partial charge < -0.3 is 5.32 Å². The van der Waals surface area contributed by atoms with E-state index in [-0.39, 0.29) is 0 Å². The summed E-state index contributed by atoms with van der Waals surface area (Å²) < 4.78 is 3.22. The zero-order chi connectivity index (χ0) is 13.4. The maximum Gasteiger partial charge on any atom is 0.0738 e. The summed E-state index contributed by atoms with van der Waals surface area (Å²) in [6, 6.07) is 0. The highest BCUT2D eigenvalue weighted by Crippen LogP contribution is 2.21. The molecular weight excluding hydrogens is 290 g/mol. The third kappa shape index (κ3) is 4.58. The minimum atomic E-state index is 0.924. The predicted octanol–water partition coefficient (Wildman–Crippen LogP) is 3.46. The monoisotopic (exact) mass is 313 g/mol. The first-order chi connectivity index (χ1) is 8.70. The van der Waals surface area contributed by atoms with E-state index in [1.54, 1.807) is 0 Å². The largest absolute Gasteiger partial charge is 0.316 e. The highest BCUT2D eigenvalue weighted by Gasteiger charge is 2.09. The Labute approximate surface area is 119 Å². The summed E-state index contributed by atoms with van der Waals surface area (Å²) in [5, 5.41) is 7.89. The van der Waals surface area contributed by atoms with Crippen LogP contribution in [0.3, 0.4) is 0 Å². The molecule has 1 rings (SSSR count). The lowest BCUT2D eigenvalue weighted by molar-refractivity contribution is 0.626. The van der Waals surface area contributed by atoms with Crippen molar-refractivity contribution in [1.82, 2.24) is 15.1 Å². The molecule has 0 radical (unpaired) electrons. The van der Waals surface area contributed by atoms with Crippen LogP contribution >= 0.6 is 15.9 Å². The standard InChI is InChI=1S/C14H24BrN3/c1-4-10-16-11-8-6-7-9-13-14(15)12(3)17-18(13)5-2/h6-7,16H,4-5,8-11H2,1-3H3. The number of nitrogens with one attached hydrogen (secondary N) is 1. The van der Waals surface area contributed by atoms with Gasteiger partial charge in [0.2, 0.25) is 0 Å². The maximum atomic E-state index is 4.49. The lowest BCUT2D eigenvalue weighted by atomic mass is 10.2. The van der Waals surface area contributed by atoms with Gasteiger partial charge in [-0.3, -0.25) is 4.68 Å². The Morgan fingerprint density at radius 1 is 1.28 bits per heavy atom. The second-order valence-corrected chi connectivity index (χ2v) is 5.17. The Morgan fingerprint density at radius 2 is 2.06 bits per heavy atom. The zero-order valence-corrected chi connectivity index (χ0v) is 13.3. The minimum Gasteiger partial charge on any atom is -0.316 e. The Kier molecular flexibility index (Phi) is 7.28. The molecule has 0 atom stereocenters. The molecule has 0 unspecified atom stereocenters. The van der Waals surface area contributed by atoms with Crippen molar-refractivity contribution in [3.05, 3.63) is 28.0 Å². The number of hydrogen-bond acceptors (Lipinski definition) is 2. The van der Waals surface area contributed by atoms with E-state index >= 15 is 0 Å². The van der Waals surface area contributed by atoms with Gasteiger partial charge in [0.1, 0.15) is 0 Å². The van der Waals surface area contributed by atoms with Gasteiger partial charge in [-0.15, -0.1) is 0 Å². The van der Waals surface area contributed by atoms with E-state index in [1.165, 1.54) is 12.1 Å². The number of rotatable bonds is 8. The first-order valence-electron chi connectivity index (χ1n) is 6.78. The van der Waals surface area contributed by atoms with Crippen LogP contribution in [0.25, 0.3) is 0 Å². The van der Waals surface area contributed by atoms with E-state index in [4.69, 9.17) is 0 Å². The molecule has 1 aromatic heterocycles. The second-order valence-electron chi connectivity index (χ2n) is 4.38. The van der Waals surface area contributed by atoms with Gasteiger partial charge in [-0.2, -0.15) is 5.10 Å². The molecule has 1 N–H and O–H groups in total. The summed E-state index contributed by atoms with van der Waals surface area (Å²) in [6.45, 7) is 9.46. The van der Waals surface area contributed by atoms with Gasteiger partial charge in [0.25, 0.3) is 0 Å². The van der Waals surface area contributed by atoms with Crippen LogP contribution in [0.2, 0.25) is 0 Å². The van der Waals surface area contributed by atoms with Crippen LogP contribution < -0.4 is 5.32 Å². The number of nitrogens with zero attached hydrogens (tertiary/aromatic N) is 2. The molecule has 0 aliphatic carbocycles. The molecule has 0 aliphatic rings. The quantitative estimate of drug-likeness (QED) is 0.588. The molecule has 18 heavy (non-hydrogen) atoms. The third-order valence-corrected chi connectivity index (χ3v) is 3.88.